The third-order valence-electron chi connectivity index (χ3n) is 4.72. The number of carbonyl (C=O) groups is 2. The van der Waals surface area contributed by atoms with Gasteiger partial charge >= 0.3 is 0 Å². The van der Waals surface area contributed by atoms with Gasteiger partial charge in [0, 0.05) is 18.2 Å². The lowest BCUT2D eigenvalue weighted by Gasteiger charge is -2.34. The molecule has 0 aliphatic carbocycles. The number of piperidine rings is 1. The molecule has 0 atom stereocenters. The molecule has 150 valence electrons. The molecule has 1 fully saturated rings. The van der Waals surface area contributed by atoms with E-state index in [1.54, 1.807) is 18.2 Å². The molecular weight excluding hydrogens is 346 g/mol. The molecule has 1 aromatic rings. The number of nitrogens with one attached hydrogen (secondary N) is 3. The molecule has 1 heterocycles. The molecule has 0 bridgehead atoms. The number of carbonyl (C=O) groups excluding carboxylic acids is 2. The average molecular weight is 377 g/mol. The second kappa shape index (κ2) is 9.60. The van der Waals surface area contributed by atoms with E-state index in [1.807, 2.05) is 13.8 Å². The minimum Gasteiger partial charge on any atom is -0.493 e. The van der Waals surface area contributed by atoms with E-state index in [0.29, 0.717) is 23.6 Å². The van der Waals surface area contributed by atoms with Crippen LogP contribution >= 0.6 is 0 Å². The fraction of sp³-hybridized carbons (Fsp3) is 0.600. The van der Waals surface area contributed by atoms with Crippen LogP contribution in [0.25, 0.3) is 0 Å². The van der Waals surface area contributed by atoms with E-state index in [4.69, 9.17) is 9.47 Å². The van der Waals surface area contributed by atoms with E-state index in [9.17, 15) is 9.59 Å². The normalized spacial score (nSPS) is 15.9. The highest BCUT2D eigenvalue weighted by molar-refractivity contribution is 5.95. The zero-order valence-electron chi connectivity index (χ0n) is 16.7. The summed E-state index contributed by atoms with van der Waals surface area (Å²) in [5.74, 6) is 0.507. The van der Waals surface area contributed by atoms with Gasteiger partial charge in [-0.05, 0) is 63.4 Å². The van der Waals surface area contributed by atoms with Gasteiger partial charge in [0.15, 0.2) is 18.1 Å². The molecule has 7 heteroatoms. The van der Waals surface area contributed by atoms with Gasteiger partial charge in [-0.25, -0.2) is 0 Å². The Hall–Kier alpha value is -2.28. The zero-order chi connectivity index (χ0) is 19.9. The lowest BCUT2D eigenvalue weighted by molar-refractivity contribution is -0.123. The summed E-state index contributed by atoms with van der Waals surface area (Å²) in [5, 5.41) is 9.12. The van der Waals surface area contributed by atoms with Crippen molar-refractivity contribution >= 4 is 11.8 Å². The van der Waals surface area contributed by atoms with Gasteiger partial charge in [0.2, 0.25) is 0 Å². The average Bonchev–Trinajstić information content (AvgIpc) is 2.64. The third kappa shape index (κ3) is 6.43. The van der Waals surface area contributed by atoms with Crippen LogP contribution in [0, 0.1) is 5.41 Å². The van der Waals surface area contributed by atoms with Gasteiger partial charge in [0.1, 0.15) is 0 Å². The molecule has 1 saturated heterocycles. The minimum absolute atomic E-state index is 0.0517. The minimum atomic E-state index is -0.205. The van der Waals surface area contributed by atoms with E-state index < -0.39 is 0 Å². The van der Waals surface area contributed by atoms with Gasteiger partial charge in [-0.1, -0.05) is 6.92 Å². The van der Waals surface area contributed by atoms with E-state index >= 15 is 0 Å². The Kier molecular flexibility index (Phi) is 7.47. The van der Waals surface area contributed by atoms with Crippen LogP contribution in [0.1, 0.15) is 44.0 Å². The predicted molar refractivity (Wildman–Crippen MR) is 104 cm³/mol. The first-order valence-corrected chi connectivity index (χ1v) is 9.42. The number of rotatable bonds is 8. The Labute approximate surface area is 161 Å². The van der Waals surface area contributed by atoms with Crippen molar-refractivity contribution in [1.82, 2.24) is 16.0 Å². The van der Waals surface area contributed by atoms with E-state index in [0.717, 1.165) is 25.9 Å². The van der Waals surface area contributed by atoms with Gasteiger partial charge in [0.25, 0.3) is 11.8 Å². The first-order valence-electron chi connectivity index (χ1n) is 9.42. The summed E-state index contributed by atoms with van der Waals surface area (Å²) in [6.45, 7) is 8.48. The first-order chi connectivity index (χ1) is 12.8. The van der Waals surface area contributed by atoms with Crippen molar-refractivity contribution in [3.05, 3.63) is 23.8 Å². The predicted octanol–water partition coefficient (Wildman–Crippen LogP) is 1.72. The lowest BCUT2D eigenvalue weighted by Crippen LogP contribution is -2.42. The summed E-state index contributed by atoms with van der Waals surface area (Å²) in [5.41, 5.74) is 0.626. The summed E-state index contributed by atoms with van der Waals surface area (Å²) in [4.78, 5) is 24.2. The fourth-order valence-corrected chi connectivity index (χ4v) is 3.04. The number of methoxy groups -OCH3 is 1. The van der Waals surface area contributed by atoms with Gasteiger partial charge in [-0.3, -0.25) is 9.59 Å². The van der Waals surface area contributed by atoms with Crippen LogP contribution in [-0.2, 0) is 4.79 Å². The number of amides is 2. The van der Waals surface area contributed by atoms with Crippen LogP contribution in [0.4, 0.5) is 0 Å². The zero-order valence-corrected chi connectivity index (χ0v) is 16.7. The van der Waals surface area contributed by atoms with Gasteiger partial charge in [-0.15, -0.1) is 0 Å². The molecule has 0 spiro atoms. The standard InChI is InChI=1S/C20H31N3O4/c1-14(2)23-18(24)12-27-16-6-5-15(11-17(16)26-4)19(25)22-13-20(3)7-9-21-10-8-20/h5-6,11,14,21H,7-10,12-13H2,1-4H3,(H,22,25)(H,23,24). The van der Waals surface area contributed by atoms with Crippen LogP contribution in [0.5, 0.6) is 11.5 Å². The SMILES string of the molecule is COc1cc(C(=O)NCC2(C)CCNCC2)ccc1OCC(=O)NC(C)C. The third-order valence-corrected chi connectivity index (χ3v) is 4.72. The molecule has 0 aromatic heterocycles. The highest BCUT2D eigenvalue weighted by Gasteiger charge is 2.27. The highest BCUT2D eigenvalue weighted by Crippen LogP contribution is 2.29. The maximum atomic E-state index is 12.5. The summed E-state index contributed by atoms with van der Waals surface area (Å²) < 4.78 is 10.8. The number of hydrogen-bond acceptors (Lipinski definition) is 5. The highest BCUT2D eigenvalue weighted by atomic mass is 16.5. The Morgan fingerprint density at radius 3 is 2.56 bits per heavy atom. The Balaban J connectivity index is 1.95. The largest absolute Gasteiger partial charge is 0.493 e. The number of ether oxygens (including phenoxy) is 2. The summed E-state index contributed by atoms with van der Waals surface area (Å²) in [6, 6.07) is 5.02. The van der Waals surface area contributed by atoms with E-state index in [2.05, 4.69) is 22.9 Å². The van der Waals surface area contributed by atoms with Crippen LogP contribution in [0.2, 0.25) is 0 Å². The molecule has 0 radical (unpaired) electrons. The Bertz CT molecular complexity index is 655. The van der Waals surface area contributed by atoms with E-state index in [-0.39, 0.29) is 29.9 Å². The van der Waals surface area contributed by atoms with Gasteiger partial charge < -0.3 is 25.4 Å². The van der Waals surface area contributed by atoms with Gasteiger partial charge in [-0.2, -0.15) is 0 Å². The topological polar surface area (TPSA) is 88.7 Å². The van der Waals surface area contributed by atoms with E-state index in [1.165, 1.54) is 7.11 Å². The van der Waals surface area contributed by atoms with Crippen molar-refractivity contribution in [3.8, 4) is 11.5 Å². The molecular formula is C20H31N3O4. The Morgan fingerprint density at radius 1 is 1.22 bits per heavy atom. The molecule has 0 saturated carbocycles. The Morgan fingerprint density at radius 2 is 1.93 bits per heavy atom. The van der Waals surface area contributed by atoms with Gasteiger partial charge in [0.05, 0.1) is 7.11 Å². The molecule has 7 nitrogen and oxygen atoms in total. The van der Waals surface area contributed by atoms with Crippen molar-refractivity contribution in [3.63, 3.8) is 0 Å². The number of hydrogen-bond donors (Lipinski definition) is 3. The number of benzene rings is 1. The van der Waals surface area contributed by atoms with Crippen molar-refractivity contribution < 1.29 is 19.1 Å². The molecule has 1 aliphatic heterocycles. The smallest absolute Gasteiger partial charge is 0.258 e. The molecule has 27 heavy (non-hydrogen) atoms. The molecule has 1 aliphatic rings. The van der Waals surface area contributed by atoms with Crippen LogP contribution in [-0.4, -0.2) is 51.2 Å². The maximum Gasteiger partial charge on any atom is 0.258 e. The summed E-state index contributed by atoms with van der Waals surface area (Å²) in [7, 11) is 1.51. The van der Waals surface area contributed by atoms with Crippen molar-refractivity contribution in [2.75, 3.05) is 33.4 Å². The van der Waals surface area contributed by atoms with Crippen LogP contribution in [0.15, 0.2) is 18.2 Å². The van der Waals surface area contributed by atoms with Crippen molar-refractivity contribution in [2.45, 2.75) is 39.7 Å². The van der Waals surface area contributed by atoms with Crippen LogP contribution < -0.4 is 25.4 Å². The first kappa shape index (κ1) is 21.0. The second-order valence-electron chi connectivity index (χ2n) is 7.62. The maximum absolute atomic E-state index is 12.5. The molecule has 1 aromatic carbocycles. The van der Waals surface area contributed by atoms with Crippen LogP contribution in [0.3, 0.4) is 0 Å². The monoisotopic (exact) mass is 377 g/mol. The van der Waals surface area contributed by atoms with Crippen molar-refractivity contribution in [1.29, 1.82) is 0 Å². The molecule has 3 N–H and O–H groups in total. The lowest BCUT2D eigenvalue weighted by atomic mass is 9.81. The fourth-order valence-electron chi connectivity index (χ4n) is 3.04. The molecule has 2 rings (SSSR count). The van der Waals surface area contributed by atoms with Crippen molar-refractivity contribution in [2.24, 2.45) is 5.41 Å². The summed E-state index contributed by atoms with van der Waals surface area (Å²) in [6.07, 6.45) is 2.09. The molecule has 2 amide bonds. The second-order valence-corrected chi connectivity index (χ2v) is 7.62. The summed E-state index contributed by atoms with van der Waals surface area (Å²) >= 11 is 0. The molecule has 0 unspecified atom stereocenters. The quantitative estimate of drug-likeness (QED) is 0.642.